The summed E-state index contributed by atoms with van der Waals surface area (Å²) >= 11 is 21.6. The highest BCUT2D eigenvalue weighted by molar-refractivity contribution is 7.13. The highest BCUT2D eigenvalue weighted by Crippen LogP contribution is 2.43. The minimum atomic E-state index is -4.60. The molecule has 114 heavy (non-hydrogen) atoms. The summed E-state index contributed by atoms with van der Waals surface area (Å²) in [6.07, 6.45) is -15.5. The maximum Gasteiger partial charge on any atom is 0.434 e. The number of amides is 3. The number of nitrogens with zero attached hydrogens (tertiary/aromatic N) is 8. The third-order valence-corrected chi connectivity index (χ3v) is 20.4. The summed E-state index contributed by atoms with van der Waals surface area (Å²) in [5, 5.41) is 15.0. The minimum Gasteiger partial charge on any atom is -0.488 e. The van der Waals surface area contributed by atoms with Crippen molar-refractivity contribution in [2.75, 3.05) is 19.6 Å². The molecule has 2 N–H and O–H groups in total. The Morgan fingerprint density at radius 2 is 0.886 bits per heavy atom. The lowest BCUT2D eigenvalue weighted by Gasteiger charge is -2.27. The number of ether oxygens (including phenoxy) is 6. The summed E-state index contributed by atoms with van der Waals surface area (Å²) < 4.78 is 150. The molecule has 0 aliphatic carbocycles. The van der Waals surface area contributed by atoms with Crippen LogP contribution in [0.2, 0.25) is 15.1 Å². The molecule has 3 fully saturated rings. The third-order valence-electron chi connectivity index (χ3n) is 16.3. The molecule has 614 valence electrons. The van der Waals surface area contributed by atoms with E-state index in [1.807, 2.05) is 53.7 Å². The van der Waals surface area contributed by atoms with Crippen LogP contribution in [0, 0.1) is 20.8 Å². The Labute approximate surface area is 671 Å². The predicted molar refractivity (Wildman–Crippen MR) is 403 cm³/mol. The Balaban J connectivity index is 0.000000216. The smallest absolute Gasteiger partial charge is 0.434 e. The molecule has 0 spiro atoms. The molecule has 40 heteroatoms. The lowest BCUT2D eigenvalue weighted by atomic mass is 10.1. The number of aliphatic hydroxyl groups is 1. The number of nitrogens with one attached hydrogen (secondary N) is 1. The second kappa shape index (κ2) is 37.4. The van der Waals surface area contributed by atoms with Crippen molar-refractivity contribution < 1.29 is 111 Å². The minimum absolute atomic E-state index is 0.0422. The molecule has 6 atom stereocenters. The quantitative estimate of drug-likeness (QED) is 0.0770. The fourth-order valence-electron chi connectivity index (χ4n) is 11.3. The van der Waals surface area contributed by atoms with E-state index >= 15 is 0 Å². The number of likely N-dealkylation sites (tertiary alicyclic amines) is 3. The Hall–Kier alpha value is -9.58. The molecule has 0 saturated carbocycles. The number of carbonyl (C=O) groups excluding carboxylic acids is 8. The van der Waals surface area contributed by atoms with Crippen LogP contribution in [-0.2, 0) is 61.4 Å². The number of aromatic amines is 1. The van der Waals surface area contributed by atoms with Gasteiger partial charge in [0.25, 0.3) is 6.47 Å². The molecule has 6 aromatic heterocycles. The van der Waals surface area contributed by atoms with Gasteiger partial charge < -0.3 is 48.3 Å². The van der Waals surface area contributed by atoms with Crippen LogP contribution < -0.4 is 14.9 Å². The zero-order chi connectivity index (χ0) is 85.2. The lowest BCUT2D eigenvalue weighted by molar-refractivity contribution is -0.193. The number of H-pyrrole nitrogens is 1. The maximum absolute atomic E-state index is 13.1. The van der Waals surface area contributed by atoms with E-state index in [2.05, 4.69) is 29.9 Å². The molecule has 0 bridgehead atoms. The van der Waals surface area contributed by atoms with Gasteiger partial charge in [0.05, 0.1) is 63.1 Å². The van der Waals surface area contributed by atoms with Gasteiger partial charge in [-0.15, -0.1) is 34.0 Å². The molecular weight excluding hydrogens is 1640 g/mol. The fourth-order valence-corrected chi connectivity index (χ4v) is 14.3. The highest BCUT2D eigenvalue weighted by atomic mass is 35.5. The summed E-state index contributed by atoms with van der Waals surface area (Å²) in [6.45, 7) is 26.2. The largest absolute Gasteiger partial charge is 0.488 e. The van der Waals surface area contributed by atoms with E-state index in [0.29, 0.717) is 79.5 Å². The van der Waals surface area contributed by atoms with Crippen LogP contribution in [0.5, 0.6) is 11.5 Å². The van der Waals surface area contributed by atoms with E-state index < -0.39 is 83.0 Å². The van der Waals surface area contributed by atoms with Gasteiger partial charge in [-0.2, -0.15) is 58.7 Å². The van der Waals surface area contributed by atoms with Crippen molar-refractivity contribution in [3.63, 3.8) is 0 Å². The normalized spacial score (nSPS) is 17.6. The van der Waals surface area contributed by atoms with Gasteiger partial charge in [-0.1, -0.05) is 53.0 Å². The van der Waals surface area contributed by atoms with Gasteiger partial charge in [0.15, 0.2) is 28.7 Å². The second-order valence-electron chi connectivity index (χ2n) is 28.8. The van der Waals surface area contributed by atoms with Gasteiger partial charge in [0, 0.05) is 75.4 Å². The van der Waals surface area contributed by atoms with Crippen LogP contribution in [0.4, 0.5) is 53.9 Å². The SMILES string of the molecule is C[C@@H]1C[C@@H](O)CN1C(=O)OC(C)(C)C.Cc1ccc2c(=O)cc(-c3nc(C(F)(F)F)cs3)[nH]c2c1Cl.Cc1ccc2c(OC3C[C@@H](C)N(C(=O)OC(C)(C)C)C3)cc(-c3nc(C(F)(F)F)cs3)nc2c1Cl.Cc1ccc2c(OC3C[C@@H](OC=O)N(C(=O)OC(C)(C)C)C3)cc(-c3nc(C(F)(F)F)cs3)nc2c1Cl.O=C=O.O=C=O. The number of thiazole rings is 3. The number of halogens is 12. The van der Waals surface area contributed by atoms with Crippen molar-refractivity contribution in [1.29, 1.82) is 0 Å². The number of aromatic nitrogens is 6. The fraction of sp³-hybridized carbons (Fsp3) is 0.432. The number of aryl methyl sites for hydroxylation is 3. The molecule has 2 unspecified atom stereocenters. The lowest BCUT2D eigenvalue weighted by Crippen LogP contribution is -2.41. The van der Waals surface area contributed by atoms with E-state index in [1.165, 1.54) is 17.0 Å². The van der Waals surface area contributed by atoms with E-state index in [-0.39, 0.29) is 99.3 Å². The summed E-state index contributed by atoms with van der Waals surface area (Å²) in [4.78, 5) is 120. The second-order valence-corrected chi connectivity index (χ2v) is 32.5. The van der Waals surface area contributed by atoms with Crippen molar-refractivity contribution in [1.82, 2.24) is 44.6 Å². The first kappa shape index (κ1) is 91.6. The van der Waals surface area contributed by atoms with Crippen molar-refractivity contribution in [3.05, 3.63) is 130 Å². The Morgan fingerprint density at radius 1 is 0.526 bits per heavy atom. The van der Waals surface area contributed by atoms with Crippen LogP contribution in [0.1, 0.15) is 129 Å². The van der Waals surface area contributed by atoms with Gasteiger partial charge >= 0.3 is 49.1 Å². The highest BCUT2D eigenvalue weighted by Gasteiger charge is 2.43. The monoisotopic (exact) mass is 1720 g/mol. The van der Waals surface area contributed by atoms with Crippen LogP contribution in [0.3, 0.4) is 0 Å². The maximum atomic E-state index is 13.1. The average molecular weight is 1720 g/mol. The first-order chi connectivity index (χ1) is 52.9. The molecule has 3 aliphatic rings. The van der Waals surface area contributed by atoms with Crippen molar-refractivity contribution in [2.45, 2.75) is 188 Å². The number of β-amino-alcohol motifs (C(OH)–C–C–N with tert-alkyl or cyclic N) is 1. The summed E-state index contributed by atoms with van der Waals surface area (Å²) in [6, 6.07) is 14.7. The zero-order valence-corrected chi connectivity index (χ0v) is 67.8. The van der Waals surface area contributed by atoms with Crippen LogP contribution in [0.15, 0.2) is 75.5 Å². The molecule has 3 amide bonds. The number of benzene rings is 3. The zero-order valence-electron chi connectivity index (χ0n) is 63.1. The van der Waals surface area contributed by atoms with Gasteiger partial charge in [0.1, 0.15) is 66.9 Å². The number of alkyl halides is 9. The Bertz CT molecular complexity index is 5100. The first-order valence-electron chi connectivity index (χ1n) is 34.1. The molecule has 9 aromatic rings. The Kier molecular flexibility index (Phi) is 30.0. The van der Waals surface area contributed by atoms with Gasteiger partial charge in [-0.05, 0) is 138 Å². The summed E-state index contributed by atoms with van der Waals surface area (Å²) in [5.41, 5.74) is -1.17. The summed E-state index contributed by atoms with van der Waals surface area (Å²) in [7, 11) is 0. The number of carbonyl (C=O) groups is 4. The average Bonchev–Trinajstić information content (AvgIpc) is 1.29. The van der Waals surface area contributed by atoms with E-state index in [9.17, 15) is 68.6 Å². The summed E-state index contributed by atoms with van der Waals surface area (Å²) in [5.74, 6) is 0.699. The number of hydrogen-bond acceptors (Lipinski definition) is 24. The van der Waals surface area contributed by atoms with Gasteiger partial charge in [-0.25, -0.2) is 39.3 Å². The van der Waals surface area contributed by atoms with Crippen LogP contribution >= 0.6 is 68.8 Å². The van der Waals surface area contributed by atoms with Crippen LogP contribution in [-0.4, -0.2) is 160 Å². The molecule has 3 aliphatic heterocycles. The molecule has 3 aromatic carbocycles. The van der Waals surface area contributed by atoms with E-state index in [0.717, 1.165) is 66.8 Å². The number of fused-ring (bicyclic) bond motifs is 3. The number of pyridine rings is 3. The topological polar surface area (TPSA) is 319 Å². The van der Waals surface area contributed by atoms with E-state index in [1.54, 1.807) is 95.5 Å². The Morgan fingerprint density at radius 3 is 1.27 bits per heavy atom. The van der Waals surface area contributed by atoms with Gasteiger partial charge in [0.2, 0.25) is 0 Å². The third kappa shape index (κ3) is 24.3. The van der Waals surface area contributed by atoms with Crippen molar-refractivity contribution in [3.8, 4) is 43.6 Å². The van der Waals surface area contributed by atoms with Crippen molar-refractivity contribution in [2.24, 2.45) is 0 Å². The number of aliphatic hydroxyl groups excluding tert-OH is 1. The number of rotatable bonds is 9. The van der Waals surface area contributed by atoms with Gasteiger partial charge in [-0.3, -0.25) is 14.5 Å². The van der Waals surface area contributed by atoms with E-state index in [4.69, 9.17) is 82.4 Å². The van der Waals surface area contributed by atoms with Crippen LogP contribution in [0.25, 0.3) is 64.8 Å². The molecule has 0 radical (unpaired) electrons. The molecule has 25 nitrogen and oxygen atoms in total. The van der Waals surface area contributed by atoms with Crippen molar-refractivity contribution >= 4 is 139 Å². The predicted octanol–water partition coefficient (Wildman–Crippen LogP) is 18.2. The molecular formula is C74H75Cl3F9N9O16S3. The number of hydrogen-bond donors (Lipinski definition) is 2. The molecule has 12 rings (SSSR count). The molecule has 3 saturated heterocycles. The first-order valence-corrected chi connectivity index (χ1v) is 37.9. The standard InChI is InChI=1S/C24H23ClF3N3O5S.C24H25ClF3N3O3S.C14H8ClF3N2OS.C10H19NO3.2CO2/c1-12-5-6-14-16(35-13-7-18(34-11-32)31(9-13)22(33)36-23(2,3)4)8-15(29-20(14)19(12)25)21-30-17(10-37-21)24(26,27)28;1-12-6-7-15-17(33-14-8-13(2)31(10-14)22(32)34-23(3,4)5)9-16(29-20(15)19(12)25)21-30-18(11-35-21)24(26,27)28;1-6-2-3-7-9(21)4-8(19-12(7)11(6)15)13-20-10(5-22-13)14(16,17)18;1-7-5-8(12)6-11(7)9(13)14-10(2,3)4;2*2-1-3/h5-6,8,10-11,13,18H,7,9H2,1-4H3;6-7,9,11,13-14H,8,10H2,1-5H3;2-5H,1H3,(H,19,21);7-8,12H,5-6H2,1-4H3;;/t13?,18-;13-,14?;;7-,8-;;/m11.1../s1. The molecule has 9 heterocycles.